The van der Waals surface area contributed by atoms with Gasteiger partial charge in [0, 0.05) is 19.0 Å². The van der Waals surface area contributed by atoms with E-state index >= 15 is 0 Å². The van der Waals surface area contributed by atoms with Crippen LogP contribution < -0.4 is 10.6 Å². The number of guanidine groups is 1. The van der Waals surface area contributed by atoms with E-state index in [4.69, 9.17) is 0 Å². The van der Waals surface area contributed by atoms with Crippen molar-refractivity contribution in [2.45, 2.75) is 25.1 Å². The van der Waals surface area contributed by atoms with Gasteiger partial charge in [-0.15, -0.1) is 35.3 Å². The fourth-order valence-electron chi connectivity index (χ4n) is 2.71. The van der Waals surface area contributed by atoms with Crippen molar-refractivity contribution in [3.05, 3.63) is 52.0 Å². The summed E-state index contributed by atoms with van der Waals surface area (Å²) in [6.45, 7) is 0.998. The summed E-state index contributed by atoms with van der Waals surface area (Å²) < 4.78 is 37.6. The van der Waals surface area contributed by atoms with Crippen molar-refractivity contribution in [2.24, 2.45) is 10.9 Å². The number of hydrogen-bond acceptors (Lipinski definition) is 3. The average molecular weight is 496 g/mol. The first kappa shape index (κ1) is 20.9. The Balaban J connectivity index is 0.00000243. The summed E-state index contributed by atoms with van der Waals surface area (Å²) in [5.41, 5.74) is 0.501. The molecule has 0 radical (unpaired) electrons. The van der Waals surface area contributed by atoms with Crippen molar-refractivity contribution < 1.29 is 13.2 Å². The molecule has 1 fully saturated rings. The molecule has 1 aromatic carbocycles. The van der Waals surface area contributed by atoms with Gasteiger partial charge in [0.05, 0.1) is 6.54 Å². The number of benzene rings is 1. The first-order valence-electron chi connectivity index (χ1n) is 7.98. The first-order chi connectivity index (χ1) is 12.0. The maximum absolute atomic E-state index is 12.5. The molecule has 2 aromatic rings. The van der Waals surface area contributed by atoms with Crippen molar-refractivity contribution in [1.82, 2.24) is 15.6 Å². The van der Waals surface area contributed by atoms with Crippen LogP contribution in [0.2, 0.25) is 0 Å². The van der Waals surface area contributed by atoms with Crippen LogP contribution in [0.3, 0.4) is 0 Å². The second-order valence-electron chi connectivity index (χ2n) is 5.94. The number of nitrogens with zero attached hydrogens (tertiary/aromatic N) is 2. The molecular weight excluding hydrogens is 476 g/mol. The molecule has 0 amide bonds. The Bertz CT molecular complexity index is 733. The first-order valence-corrected chi connectivity index (χ1v) is 8.86. The zero-order valence-corrected chi connectivity index (χ0v) is 17.2. The van der Waals surface area contributed by atoms with Crippen LogP contribution in [0.25, 0.3) is 0 Å². The Kier molecular flexibility index (Phi) is 7.27. The van der Waals surface area contributed by atoms with Crippen LogP contribution in [-0.4, -0.2) is 24.5 Å². The number of hydrogen-bond donors (Lipinski definition) is 2. The van der Waals surface area contributed by atoms with Crippen LogP contribution in [0.5, 0.6) is 0 Å². The van der Waals surface area contributed by atoms with Gasteiger partial charge in [0.25, 0.3) is 0 Å². The lowest BCUT2D eigenvalue weighted by molar-refractivity contribution is -0.140. The molecule has 2 atom stereocenters. The van der Waals surface area contributed by atoms with E-state index in [-0.39, 0.29) is 30.5 Å². The Labute approximate surface area is 171 Å². The number of alkyl halides is 3. The summed E-state index contributed by atoms with van der Waals surface area (Å²) >= 11 is 0.987. The third-order valence-corrected chi connectivity index (χ3v) is 5.00. The summed E-state index contributed by atoms with van der Waals surface area (Å²) in [6.07, 6.45) is -3.26. The van der Waals surface area contributed by atoms with E-state index in [1.54, 1.807) is 7.05 Å². The SMILES string of the molecule is CN=C(NCc1nc(C(F)(F)F)cs1)NCC1CC1c1ccccc1.I. The lowest BCUT2D eigenvalue weighted by Crippen LogP contribution is -2.38. The summed E-state index contributed by atoms with van der Waals surface area (Å²) in [7, 11) is 1.64. The van der Waals surface area contributed by atoms with Gasteiger partial charge in [0.2, 0.25) is 0 Å². The van der Waals surface area contributed by atoms with Crippen molar-refractivity contribution in [3.8, 4) is 0 Å². The number of rotatable bonds is 5. The van der Waals surface area contributed by atoms with Gasteiger partial charge in [0.15, 0.2) is 11.7 Å². The minimum atomic E-state index is -4.40. The van der Waals surface area contributed by atoms with Crippen LogP contribution in [-0.2, 0) is 12.7 Å². The molecule has 2 unspecified atom stereocenters. The summed E-state index contributed by atoms with van der Waals surface area (Å²) in [6, 6.07) is 10.4. The second-order valence-corrected chi connectivity index (χ2v) is 6.89. The van der Waals surface area contributed by atoms with Crippen molar-refractivity contribution in [2.75, 3.05) is 13.6 Å². The molecule has 2 N–H and O–H groups in total. The van der Waals surface area contributed by atoms with Gasteiger partial charge in [-0.25, -0.2) is 4.98 Å². The highest BCUT2D eigenvalue weighted by atomic mass is 127. The summed E-state index contributed by atoms with van der Waals surface area (Å²) in [5, 5.41) is 7.65. The number of thiazole rings is 1. The van der Waals surface area contributed by atoms with Gasteiger partial charge in [-0.2, -0.15) is 13.2 Å². The third-order valence-electron chi connectivity index (χ3n) is 4.15. The number of nitrogens with one attached hydrogen (secondary N) is 2. The molecule has 0 bridgehead atoms. The number of halogens is 4. The predicted molar refractivity (Wildman–Crippen MR) is 108 cm³/mol. The van der Waals surface area contributed by atoms with Crippen molar-refractivity contribution >= 4 is 41.3 Å². The molecule has 1 aliphatic carbocycles. The molecule has 1 heterocycles. The number of aromatic nitrogens is 1. The molecule has 9 heteroatoms. The molecule has 1 aromatic heterocycles. The van der Waals surface area contributed by atoms with Gasteiger partial charge in [-0.3, -0.25) is 4.99 Å². The van der Waals surface area contributed by atoms with Crippen LogP contribution >= 0.6 is 35.3 Å². The lowest BCUT2D eigenvalue weighted by Gasteiger charge is -2.10. The van der Waals surface area contributed by atoms with Gasteiger partial charge < -0.3 is 10.6 Å². The maximum Gasteiger partial charge on any atom is 0.434 e. The topological polar surface area (TPSA) is 49.3 Å². The molecule has 0 saturated heterocycles. The highest BCUT2D eigenvalue weighted by molar-refractivity contribution is 14.0. The monoisotopic (exact) mass is 496 g/mol. The van der Waals surface area contributed by atoms with E-state index in [0.29, 0.717) is 22.8 Å². The van der Waals surface area contributed by atoms with Crippen LogP contribution in [0, 0.1) is 5.92 Å². The van der Waals surface area contributed by atoms with E-state index < -0.39 is 11.9 Å². The molecule has 4 nitrogen and oxygen atoms in total. The standard InChI is InChI=1S/C17H19F3N4S.HI/c1-21-16(23-9-15-24-14(10-25-15)17(18,19)20)22-8-12-7-13(12)11-5-3-2-4-6-11;/h2-6,10,12-13H,7-9H2,1H3,(H2,21,22,23);1H. The Hall–Kier alpha value is -1.36. The van der Waals surface area contributed by atoms with Crippen molar-refractivity contribution in [3.63, 3.8) is 0 Å². The van der Waals surface area contributed by atoms with Crippen LogP contribution in [0.1, 0.15) is 28.6 Å². The summed E-state index contributed by atoms with van der Waals surface area (Å²) in [5.74, 6) is 1.69. The second kappa shape index (κ2) is 9.03. The highest BCUT2D eigenvalue weighted by Gasteiger charge is 2.38. The molecule has 1 saturated carbocycles. The van der Waals surface area contributed by atoms with E-state index in [1.807, 2.05) is 18.2 Å². The Morgan fingerprint density at radius 2 is 2.00 bits per heavy atom. The quantitative estimate of drug-likeness (QED) is 0.370. The van der Waals surface area contributed by atoms with Crippen LogP contribution in [0.4, 0.5) is 13.2 Å². The average Bonchev–Trinajstić information content (AvgIpc) is 3.20. The molecule has 0 spiro atoms. The largest absolute Gasteiger partial charge is 0.434 e. The normalized spacial score (nSPS) is 19.6. The molecule has 3 rings (SSSR count). The molecule has 1 aliphatic rings. The van der Waals surface area contributed by atoms with Gasteiger partial charge in [0.1, 0.15) is 5.01 Å². The Morgan fingerprint density at radius 1 is 1.27 bits per heavy atom. The van der Waals surface area contributed by atoms with E-state index in [0.717, 1.165) is 29.7 Å². The van der Waals surface area contributed by atoms with Gasteiger partial charge in [-0.05, 0) is 23.8 Å². The predicted octanol–water partition coefficient (Wildman–Crippen LogP) is 4.25. The zero-order valence-electron chi connectivity index (χ0n) is 14.1. The minimum absolute atomic E-state index is 0. The molecule has 26 heavy (non-hydrogen) atoms. The summed E-state index contributed by atoms with van der Waals surface area (Å²) in [4.78, 5) is 7.70. The van der Waals surface area contributed by atoms with Crippen LogP contribution in [0.15, 0.2) is 40.7 Å². The maximum atomic E-state index is 12.5. The number of aliphatic imine (C=N–C) groups is 1. The van der Waals surface area contributed by atoms with Gasteiger partial charge in [-0.1, -0.05) is 30.3 Å². The molecule has 142 valence electrons. The third kappa shape index (κ3) is 5.57. The van der Waals surface area contributed by atoms with E-state index in [9.17, 15) is 13.2 Å². The molecular formula is C17H20F3IN4S. The van der Waals surface area contributed by atoms with E-state index in [2.05, 4.69) is 32.7 Å². The smallest absolute Gasteiger partial charge is 0.356 e. The van der Waals surface area contributed by atoms with Crippen molar-refractivity contribution in [1.29, 1.82) is 0 Å². The lowest BCUT2D eigenvalue weighted by atomic mass is 10.1. The van der Waals surface area contributed by atoms with Gasteiger partial charge >= 0.3 is 6.18 Å². The Morgan fingerprint density at radius 3 is 2.62 bits per heavy atom. The van der Waals surface area contributed by atoms with E-state index in [1.165, 1.54) is 5.56 Å². The fraction of sp³-hybridized carbons (Fsp3) is 0.412. The fourth-order valence-corrected chi connectivity index (χ4v) is 3.45. The highest BCUT2D eigenvalue weighted by Crippen LogP contribution is 2.46. The minimum Gasteiger partial charge on any atom is -0.356 e. The molecule has 0 aliphatic heterocycles. The zero-order chi connectivity index (χ0) is 17.9.